The van der Waals surface area contributed by atoms with Crippen LogP contribution in [0.5, 0.6) is 0 Å². The lowest BCUT2D eigenvalue weighted by Crippen LogP contribution is -2.14. The number of thiazole rings is 1. The fourth-order valence-electron chi connectivity index (χ4n) is 3.02. The minimum absolute atomic E-state index is 0.0911. The molecule has 36 heavy (non-hydrogen) atoms. The number of hydrogen-bond acceptors (Lipinski definition) is 7. The number of thioether (sulfide) groups is 1. The summed E-state index contributed by atoms with van der Waals surface area (Å²) in [4.78, 5) is 40.3. The van der Waals surface area contributed by atoms with Crippen molar-refractivity contribution < 1.29 is 14.5 Å². The van der Waals surface area contributed by atoms with Gasteiger partial charge in [-0.15, -0.1) is 23.1 Å². The number of nitrogens with one attached hydrogen (secondary N) is 2. The third-order valence-electron chi connectivity index (χ3n) is 4.77. The second-order valence-corrected chi connectivity index (χ2v) is 10.0. The molecule has 1 aromatic heterocycles. The largest absolute Gasteiger partial charge is 0.322 e. The van der Waals surface area contributed by atoms with Crippen LogP contribution in [0.3, 0.4) is 0 Å². The Hall–Kier alpha value is -3.44. The van der Waals surface area contributed by atoms with Crippen molar-refractivity contribution in [1.82, 2.24) is 4.98 Å². The Morgan fingerprint density at radius 2 is 1.78 bits per heavy atom. The van der Waals surface area contributed by atoms with E-state index < -0.39 is 10.8 Å². The van der Waals surface area contributed by atoms with E-state index in [1.54, 1.807) is 36.4 Å². The van der Waals surface area contributed by atoms with Crippen molar-refractivity contribution in [2.45, 2.75) is 4.90 Å². The summed E-state index contributed by atoms with van der Waals surface area (Å²) in [6.45, 7) is 0. The molecule has 2 N–H and O–H groups in total. The van der Waals surface area contributed by atoms with Gasteiger partial charge < -0.3 is 10.6 Å². The number of rotatable bonds is 8. The fourth-order valence-corrected chi connectivity index (χ4v) is 4.81. The molecule has 0 spiro atoms. The van der Waals surface area contributed by atoms with Crippen LogP contribution >= 0.6 is 46.3 Å². The first-order valence-corrected chi connectivity index (χ1v) is 12.9. The van der Waals surface area contributed by atoms with Crippen LogP contribution in [-0.2, 0) is 4.79 Å². The molecule has 182 valence electrons. The zero-order valence-corrected chi connectivity index (χ0v) is 21.4. The van der Waals surface area contributed by atoms with Gasteiger partial charge in [-0.25, -0.2) is 4.98 Å². The van der Waals surface area contributed by atoms with E-state index in [2.05, 4.69) is 15.6 Å². The van der Waals surface area contributed by atoms with Gasteiger partial charge in [-0.05, 0) is 42.5 Å². The Labute approximate surface area is 223 Å². The van der Waals surface area contributed by atoms with E-state index in [1.807, 2.05) is 11.4 Å². The number of benzene rings is 3. The number of nitrogens with zero attached hydrogens (tertiary/aromatic N) is 2. The highest BCUT2D eigenvalue weighted by atomic mass is 35.5. The third-order valence-corrected chi connectivity index (χ3v) is 7.26. The first kappa shape index (κ1) is 25.6. The topological polar surface area (TPSA) is 114 Å². The molecule has 12 heteroatoms. The Balaban J connectivity index is 1.31. The number of non-ortho nitro benzene ring substituents is 1. The van der Waals surface area contributed by atoms with Crippen molar-refractivity contribution in [3.63, 3.8) is 0 Å². The predicted octanol–water partition coefficient (Wildman–Crippen LogP) is 7.01. The van der Waals surface area contributed by atoms with Crippen molar-refractivity contribution in [3.8, 4) is 11.3 Å². The van der Waals surface area contributed by atoms with Crippen LogP contribution in [0.1, 0.15) is 10.4 Å². The van der Waals surface area contributed by atoms with Crippen molar-refractivity contribution in [2.24, 2.45) is 0 Å². The number of amides is 2. The average Bonchev–Trinajstić information content (AvgIpc) is 3.33. The summed E-state index contributed by atoms with van der Waals surface area (Å²) in [5, 5.41) is 19.5. The van der Waals surface area contributed by atoms with E-state index in [0.717, 1.165) is 10.5 Å². The van der Waals surface area contributed by atoms with Gasteiger partial charge in [0.2, 0.25) is 5.91 Å². The van der Waals surface area contributed by atoms with Gasteiger partial charge in [0, 0.05) is 39.2 Å². The summed E-state index contributed by atoms with van der Waals surface area (Å²) in [7, 11) is 0. The van der Waals surface area contributed by atoms with Crippen molar-refractivity contribution in [1.29, 1.82) is 0 Å². The van der Waals surface area contributed by atoms with Gasteiger partial charge >= 0.3 is 0 Å². The number of nitro groups is 1. The molecular formula is C24H16Cl2N4O4S2. The highest BCUT2D eigenvalue weighted by molar-refractivity contribution is 8.00. The van der Waals surface area contributed by atoms with Crippen LogP contribution in [0.2, 0.25) is 10.0 Å². The highest BCUT2D eigenvalue weighted by Gasteiger charge is 2.12. The van der Waals surface area contributed by atoms with E-state index in [1.165, 1.54) is 47.4 Å². The van der Waals surface area contributed by atoms with E-state index in [4.69, 9.17) is 23.2 Å². The number of carbonyl (C=O) groups excluding carboxylic acids is 2. The summed E-state index contributed by atoms with van der Waals surface area (Å²) >= 11 is 14.6. The molecule has 0 atom stereocenters. The number of hydrogen-bond donors (Lipinski definition) is 2. The molecule has 0 unspecified atom stereocenters. The summed E-state index contributed by atoms with van der Waals surface area (Å²) in [6.07, 6.45) is 0. The Morgan fingerprint density at radius 1 is 1.00 bits per heavy atom. The number of halogens is 2. The fraction of sp³-hybridized carbons (Fsp3) is 0.0417. The summed E-state index contributed by atoms with van der Waals surface area (Å²) < 4.78 is 0. The molecule has 0 radical (unpaired) electrons. The Bertz CT molecular complexity index is 1440. The summed E-state index contributed by atoms with van der Waals surface area (Å²) in [5.74, 6) is -0.483. The summed E-state index contributed by atoms with van der Waals surface area (Å²) in [5.41, 5.74) is 2.21. The molecule has 0 saturated heterocycles. The maximum atomic E-state index is 12.4. The second kappa shape index (κ2) is 11.5. The van der Waals surface area contributed by atoms with E-state index >= 15 is 0 Å². The highest BCUT2D eigenvalue weighted by Crippen LogP contribution is 2.31. The maximum Gasteiger partial charge on any atom is 0.269 e. The van der Waals surface area contributed by atoms with Crippen LogP contribution < -0.4 is 10.6 Å². The number of anilines is 2. The number of aromatic nitrogens is 1. The Kier molecular flexibility index (Phi) is 8.21. The summed E-state index contributed by atoms with van der Waals surface area (Å²) in [6, 6.07) is 17.6. The van der Waals surface area contributed by atoms with Gasteiger partial charge in [-0.2, -0.15) is 0 Å². The zero-order chi connectivity index (χ0) is 25.7. The minimum Gasteiger partial charge on any atom is -0.322 e. The normalized spacial score (nSPS) is 10.6. The molecule has 0 aliphatic rings. The molecule has 4 rings (SSSR count). The molecule has 0 aliphatic heterocycles. The molecule has 0 saturated carbocycles. The van der Waals surface area contributed by atoms with Gasteiger partial charge in [0.15, 0.2) is 5.13 Å². The molecule has 2 amide bonds. The lowest BCUT2D eigenvalue weighted by atomic mass is 10.2. The molecule has 3 aromatic carbocycles. The SMILES string of the molecule is O=C(CSc1cccc(NC(=O)c2ccc([N+](=O)[O-])cc2)c1)Nc1nc(-c2ccc(Cl)c(Cl)c2)cs1. The Morgan fingerprint density at radius 3 is 2.50 bits per heavy atom. The molecule has 8 nitrogen and oxygen atoms in total. The molecule has 0 bridgehead atoms. The second-order valence-electron chi connectivity index (χ2n) is 7.29. The third kappa shape index (κ3) is 6.61. The van der Waals surface area contributed by atoms with Crippen LogP contribution in [0, 0.1) is 10.1 Å². The van der Waals surface area contributed by atoms with Crippen LogP contribution in [0.4, 0.5) is 16.5 Å². The standard InChI is InChI=1S/C24H16Cl2N4O4S2/c25-19-9-6-15(10-20(19)26)21-12-36-24(28-21)29-22(31)13-35-18-3-1-2-16(11-18)27-23(32)14-4-7-17(8-5-14)30(33)34/h1-12H,13H2,(H,27,32)(H,28,29,31). The number of carbonyl (C=O) groups is 2. The van der Waals surface area contributed by atoms with Crippen LogP contribution in [0.15, 0.2) is 77.0 Å². The van der Waals surface area contributed by atoms with E-state index in [-0.39, 0.29) is 17.3 Å². The first-order valence-electron chi connectivity index (χ1n) is 10.3. The van der Waals surface area contributed by atoms with Crippen molar-refractivity contribution in [3.05, 3.63) is 97.8 Å². The molecule has 0 aliphatic carbocycles. The minimum atomic E-state index is -0.526. The van der Waals surface area contributed by atoms with Gasteiger partial charge in [0.05, 0.1) is 26.4 Å². The zero-order valence-electron chi connectivity index (χ0n) is 18.2. The molecule has 0 fully saturated rings. The molecule has 1 heterocycles. The van der Waals surface area contributed by atoms with E-state index in [9.17, 15) is 19.7 Å². The monoisotopic (exact) mass is 558 g/mol. The van der Waals surface area contributed by atoms with Crippen molar-refractivity contribution in [2.75, 3.05) is 16.4 Å². The maximum absolute atomic E-state index is 12.4. The first-order chi connectivity index (χ1) is 17.3. The average molecular weight is 559 g/mol. The van der Waals surface area contributed by atoms with Crippen LogP contribution in [-0.4, -0.2) is 27.5 Å². The van der Waals surface area contributed by atoms with Gasteiger partial charge in [-0.1, -0.05) is 35.3 Å². The molecular weight excluding hydrogens is 543 g/mol. The quantitative estimate of drug-likeness (QED) is 0.136. The van der Waals surface area contributed by atoms with E-state index in [0.29, 0.717) is 32.1 Å². The van der Waals surface area contributed by atoms with Gasteiger partial charge in [0.25, 0.3) is 11.6 Å². The van der Waals surface area contributed by atoms with Crippen LogP contribution in [0.25, 0.3) is 11.3 Å². The lowest BCUT2D eigenvalue weighted by molar-refractivity contribution is -0.384. The molecule has 4 aromatic rings. The smallest absolute Gasteiger partial charge is 0.269 e. The number of nitro benzene ring substituents is 1. The van der Waals surface area contributed by atoms with Gasteiger partial charge in [0.1, 0.15) is 0 Å². The van der Waals surface area contributed by atoms with Gasteiger partial charge in [-0.3, -0.25) is 19.7 Å². The predicted molar refractivity (Wildman–Crippen MR) is 144 cm³/mol. The van der Waals surface area contributed by atoms with Crippen molar-refractivity contribution >= 4 is 74.6 Å². The lowest BCUT2D eigenvalue weighted by Gasteiger charge is -2.08.